The van der Waals surface area contributed by atoms with Crippen LogP contribution in [0.3, 0.4) is 0 Å². The summed E-state index contributed by atoms with van der Waals surface area (Å²) in [6.45, 7) is 3.54. The summed E-state index contributed by atoms with van der Waals surface area (Å²) >= 11 is 0. The Morgan fingerprint density at radius 2 is 1.57 bits per heavy atom. The first-order valence-electron chi connectivity index (χ1n) is 7.06. The number of amides is 3. The average molecular weight is 332 g/mol. The number of carboxylic acid groups (broad SMARTS) is 1. The second kappa shape index (κ2) is 9.74. The lowest BCUT2D eigenvalue weighted by Crippen LogP contribution is -2.57. The fourth-order valence-corrected chi connectivity index (χ4v) is 1.46. The Kier molecular flexibility index (Phi) is 8.81. The van der Waals surface area contributed by atoms with Crippen LogP contribution in [0.5, 0.6) is 0 Å². The minimum absolute atomic E-state index is 0.155. The number of aliphatic hydroxyl groups excluding tert-OH is 1. The molecule has 23 heavy (non-hydrogen) atoms. The maximum Gasteiger partial charge on any atom is 0.322 e. The van der Waals surface area contributed by atoms with E-state index < -0.39 is 55.0 Å². The SMILES string of the molecule is CC(NC(=O)C(CO)NC(=O)C(N)C(C)C)C(=O)NCC(=O)O. The maximum atomic E-state index is 11.9. The highest BCUT2D eigenvalue weighted by molar-refractivity contribution is 5.93. The lowest BCUT2D eigenvalue weighted by atomic mass is 10.0. The molecule has 0 aliphatic carbocycles. The molecular weight excluding hydrogens is 308 g/mol. The van der Waals surface area contributed by atoms with Crippen LogP contribution in [0.1, 0.15) is 20.8 Å². The van der Waals surface area contributed by atoms with Crippen LogP contribution < -0.4 is 21.7 Å². The fraction of sp³-hybridized carbons (Fsp3) is 0.692. The number of carbonyl (C=O) groups is 4. The molecule has 0 aromatic carbocycles. The van der Waals surface area contributed by atoms with Crippen molar-refractivity contribution < 1.29 is 29.4 Å². The Balaban J connectivity index is 4.57. The van der Waals surface area contributed by atoms with E-state index >= 15 is 0 Å². The summed E-state index contributed by atoms with van der Waals surface area (Å²) in [6, 6.07) is -3.14. The predicted octanol–water partition coefficient (Wildman–Crippen LogP) is -2.85. The Morgan fingerprint density at radius 1 is 1.00 bits per heavy atom. The fourth-order valence-electron chi connectivity index (χ4n) is 1.46. The zero-order chi connectivity index (χ0) is 18.2. The van der Waals surface area contributed by atoms with Gasteiger partial charge >= 0.3 is 5.97 Å². The van der Waals surface area contributed by atoms with E-state index in [1.54, 1.807) is 13.8 Å². The molecule has 0 saturated carbocycles. The van der Waals surface area contributed by atoms with E-state index in [4.69, 9.17) is 10.8 Å². The van der Waals surface area contributed by atoms with Gasteiger partial charge in [0.2, 0.25) is 17.7 Å². The van der Waals surface area contributed by atoms with Gasteiger partial charge in [-0.05, 0) is 12.8 Å². The van der Waals surface area contributed by atoms with Crippen LogP contribution in [0.25, 0.3) is 0 Å². The number of aliphatic hydroxyl groups is 1. The average Bonchev–Trinajstić information content (AvgIpc) is 2.48. The molecule has 0 saturated heterocycles. The standard InChI is InChI=1S/C13H24N4O6/c1-6(2)10(14)13(23)17-8(5-18)12(22)16-7(3)11(21)15-4-9(19)20/h6-8,10,18H,4-5,14H2,1-3H3,(H,15,21)(H,16,22)(H,17,23)(H,19,20). The summed E-state index contributed by atoms with van der Waals surface area (Å²) in [5, 5.41) is 24.3. The van der Waals surface area contributed by atoms with Gasteiger partial charge in [0.05, 0.1) is 12.6 Å². The lowest BCUT2D eigenvalue weighted by molar-refractivity contribution is -0.138. The van der Waals surface area contributed by atoms with Crippen molar-refractivity contribution in [3.05, 3.63) is 0 Å². The molecule has 3 amide bonds. The smallest absolute Gasteiger partial charge is 0.322 e. The highest BCUT2D eigenvalue weighted by atomic mass is 16.4. The number of nitrogens with one attached hydrogen (secondary N) is 3. The summed E-state index contributed by atoms with van der Waals surface area (Å²) in [7, 11) is 0. The van der Waals surface area contributed by atoms with Crippen LogP contribution in [0.2, 0.25) is 0 Å². The Hall–Kier alpha value is -2.20. The van der Waals surface area contributed by atoms with Gasteiger partial charge in [0, 0.05) is 0 Å². The van der Waals surface area contributed by atoms with E-state index in [0.29, 0.717) is 0 Å². The second-order valence-corrected chi connectivity index (χ2v) is 5.36. The van der Waals surface area contributed by atoms with Gasteiger partial charge < -0.3 is 31.9 Å². The second-order valence-electron chi connectivity index (χ2n) is 5.36. The van der Waals surface area contributed by atoms with Crippen molar-refractivity contribution in [2.45, 2.75) is 38.9 Å². The normalized spacial score (nSPS) is 14.5. The number of aliphatic carboxylic acids is 1. The summed E-state index contributed by atoms with van der Waals surface area (Å²) < 4.78 is 0. The molecule has 0 spiro atoms. The zero-order valence-corrected chi connectivity index (χ0v) is 13.3. The predicted molar refractivity (Wildman–Crippen MR) is 80.1 cm³/mol. The van der Waals surface area contributed by atoms with Gasteiger partial charge in [0.15, 0.2) is 0 Å². The summed E-state index contributed by atoms with van der Waals surface area (Å²) in [6.07, 6.45) is 0. The van der Waals surface area contributed by atoms with Crippen molar-refractivity contribution in [1.82, 2.24) is 16.0 Å². The van der Waals surface area contributed by atoms with Crippen LogP contribution in [-0.2, 0) is 19.2 Å². The van der Waals surface area contributed by atoms with Gasteiger partial charge in [-0.1, -0.05) is 13.8 Å². The molecule has 0 heterocycles. The Bertz CT molecular complexity index is 454. The number of rotatable bonds is 9. The van der Waals surface area contributed by atoms with Crippen LogP contribution >= 0.6 is 0 Å². The van der Waals surface area contributed by atoms with Gasteiger partial charge in [-0.15, -0.1) is 0 Å². The summed E-state index contributed by atoms with van der Waals surface area (Å²) in [4.78, 5) is 45.6. The molecule has 10 nitrogen and oxygen atoms in total. The zero-order valence-electron chi connectivity index (χ0n) is 13.3. The highest BCUT2D eigenvalue weighted by Gasteiger charge is 2.26. The van der Waals surface area contributed by atoms with Crippen molar-refractivity contribution in [1.29, 1.82) is 0 Å². The molecule has 3 atom stereocenters. The molecule has 0 radical (unpaired) electrons. The van der Waals surface area contributed by atoms with Crippen molar-refractivity contribution in [3.8, 4) is 0 Å². The van der Waals surface area contributed by atoms with E-state index in [1.807, 2.05) is 0 Å². The molecule has 0 aliphatic heterocycles. The first-order chi connectivity index (χ1) is 10.6. The minimum atomic E-state index is -1.26. The third-order valence-electron chi connectivity index (χ3n) is 3.00. The topological polar surface area (TPSA) is 171 Å². The van der Waals surface area contributed by atoms with E-state index in [-0.39, 0.29) is 5.92 Å². The first-order valence-corrected chi connectivity index (χ1v) is 7.06. The summed E-state index contributed by atoms with van der Waals surface area (Å²) in [5.41, 5.74) is 5.64. The molecular formula is C13H24N4O6. The molecule has 0 aromatic rings. The molecule has 132 valence electrons. The van der Waals surface area contributed by atoms with E-state index in [0.717, 1.165) is 0 Å². The van der Waals surface area contributed by atoms with Crippen LogP contribution in [0.4, 0.5) is 0 Å². The largest absolute Gasteiger partial charge is 0.480 e. The van der Waals surface area contributed by atoms with Gasteiger partial charge in [-0.25, -0.2) is 0 Å². The monoisotopic (exact) mass is 332 g/mol. The van der Waals surface area contributed by atoms with E-state index in [1.165, 1.54) is 6.92 Å². The van der Waals surface area contributed by atoms with Crippen molar-refractivity contribution in [2.24, 2.45) is 11.7 Å². The van der Waals surface area contributed by atoms with Crippen LogP contribution in [-0.4, -0.2) is 65.2 Å². The van der Waals surface area contributed by atoms with Crippen molar-refractivity contribution in [2.75, 3.05) is 13.2 Å². The number of carbonyl (C=O) groups excluding carboxylic acids is 3. The van der Waals surface area contributed by atoms with Crippen molar-refractivity contribution in [3.63, 3.8) is 0 Å². The first kappa shape index (κ1) is 20.8. The third kappa shape index (κ3) is 7.56. The maximum absolute atomic E-state index is 11.9. The molecule has 10 heteroatoms. The number of carboxylic acids is 1. The van der Waals surface area contributed by atoms with E-state index in [9.17, 15) is 24.3 Å². The highest BCUT2D eigenvalue weighted by Crippen LogP contribution is 1.99. The molecule has 7 N–H and O–H groups in total. The van der Waals surface area contributed by atoms with E-state index in [2.05, 4.69) is 16.0 Å². The number of hydrogen-bond donors (Lipinski definition) is 6. The quantitative estimate of drug-likeness (QED) is 0.264. The van der Waals surface area contributed by atoms with Gasteiger partial charge in [0.1, 0.15) is 18.6 Å². The molecule has 0 fully saturated rings. The molecule has 0 bridgehead atoms. The van der Waals surface area contributed by atoms with Gasteiger partial charge in [0.25, 0.3) is 0 Å². The molecule has 0 rings (SSSR count). The van der Waals surface area contributed by atoms with Crippen molar-refractivity contribution >= 4 is 23.7 Å². The number of nitrogens with two attached hydrogens (primary N) is 1. The lowest BCUT2D eigenvalue weighted by Gasteiger charge is -2.22. The minimum Gasteiger partial charge on any atom is -0.480 e. The molecule has 3 unspecified atom stereocenters. The molecule has 0 aromatic heterocycles. The van der Waals surface area contributed by atoms with Gasteiger partial charge in [-0.2, -0.15) is 0 Å². The van der Waals surface area contributed by atoms with Crippen LogP contribution in [0, 0.1) is 5.92 Å². The summed E-state index contributed by atoms with van der Waals surface area (Å²) in [5.74, 6) is -3.47. The third-order valence-corrected chi connectivity index (χ3v) is 3.00. The van der Waals surface area contributed by atoms with Gasteiger partial charge in [-0.3, -0.25) is 19.2 Å². The Labute approximate surface area is 133 Å². The Morgan fingerprint density at radius 3 is 2.00 bits per heavy atom. The number of hydrogen-bond acceptors (Lipinski definition) is 6. The van der Waals surface area contributed by atoms with Crippen LogP contribution in [0.15, 0.2) is 0 Å². The molecule has 0 aliphatic rings.